The van der Waals surface area contributed by atoms with Crippen LogP contribution in [0.15, 0.2) is 24.3 Å². The number of alkyl halides is 1. The van der Waals surface area contributed by atoms with Crippen LogP contribution < -0.4 is 5.46 Å². The number of benzene rings is 1. The number of hydrogen-bond acceptors (Lipinski definition) is 2. The van der Waals surface area contributed by atoms with E-state index in [1.54, 1.807) is 6.07 Å². The molecule has 3 atom stereocenters. The number of hydrogen-bond donors (Lipinski definition) is 2. The average Bonchev–Trinajstić information content (AvgIpc) is 2.62. The summed E-state index contributed by atoms with van der Waals surface area (Å²) in [5.41, 5.74) is 1.70. The highest BCUT2D eigenvalue weighted by Gasteiger charge is 2.37. The zero-order valence-electron chi connectivity index (χ0n) is 15.4. The summed E-state index contributed by atoms with van der Waals surface area (Å²) in [6.07, 6.45) is 9.01. The molecule has 138 valence electrons. The Morgan fingerprint density at radius 3 is 2.40 bits per heavy atom. The summed E-state index contributed by atoms with van der Waals surface area (Å²) in [6.45, 7) is 2.20. The maximum atomic E-state index is 14.7. The van der Waals surface area contributed by atoms with E-state index in [9.17, 15) is 14.4 Å². The molecule has 3 rings (SSSR count). The van der Waals surface area contributed by atoms with Crippen LogP contribution in [0.3, 0.4) is 0 Å². The molecule has 2 N–H and O–H groups in total. The molecule has 2 fully saturated rings. The third-order valence-electron chi connectivity index (χ3n) is 6.72. The Balaban J connectivity index is 1.58. The van der Waals surface area contributed by atoms with Gasteiger partial charge in [0.15, 0.2) is 0 Å². The lowest BCUT2D eigenvalue weighted by Crippen LogP contribution is -2.36. The minimum atomic E-state index is -1.40. The van der Waals surface area contributed by atoms with Gasteiger partial charge in [-0.1, -0.05) is 44.0 Å². The first-order valence-corrected chi connectivity index (χ1v) is 10.2. The van der Waals surface area contributed by atoms with Gasteiger partial charge in [-0.25, -0.2) is 4.39 Å². The molecule has 0 unspecified atom stereocenters. The summed E-state index contributed by atoms with van der Waals surface area (Å²) in [4.78, 5) is 0. The summed E-state index contributed by atoms with van der Waals surface area (Å²) in [5, 5.41) is 19.2. The van der Waals surface area contributed by atoms with Gasteiger partial charge in [-0.2, -0.15) is 0 Å². The fourth-order valence-corrected chi connectivity index (χ4v) is 5.40. The van der Waals surface area contributed by atoms with E-state index in [-0.39, 0.29) is 5.92 Å². The molecule has 0 heterocycles. The molecule has 2 aliphatic rings. The van der Waals surface area contributed by atoms with Gasteiger partial charge in [0.05, 0.1) is 0 Å². The Hall–Kier alpha value is -0.865. The van der Waals surface area contributed by atoms with Crippen molar-refractivity contribution in [3.63, 3.8) is 0 Å². The predicted molar refractivity (Wildman–Crippen MR) is 102 cm³/mol. The van der Waals surface area contributed by atoms with Crippen LogP contribution >= 0.6 is 0 Å². The van der Waals surface area contributed by atoms with Crippen LogP contribution in [-0.2, 0) is 0 Å². The van der Waals surface area contributed by atoms with Crippen molar-refractivity contribution in [2.24, 2.45) is 17.8 Å². The molecule has 0 spiro atoms. The lowest BCUT2D eigenvalue weighted by atomic mass is 9.65. The molecule has 25 heavy (non-hydrogen) atoms. The summed E-state index contributed by atoms with van der Waals surface area (Å²) in [7, 11) is -1.40. The van der Waals surface area contributed by atoms with Crippen molar-refractivity contribution < 1.29 is 14.4 Å². The molecular formula is C21H32BFO2. The van der Waals surface area contributed by atoms with Crippen LogP contribution in [0.4, 0.5) is 4.39 Å². The number of halogens is 1. The van der Waals surface area contributed by atoms with Crippen molar-refractivity contribution in [1.82, 2.24) is 0 Å². The van der Waals surface area contributed by atoms with Crippen LogP contribution in [0.5, 0.6) is 0 Å². The molecule has 0 bridgehead atoms. The van der Waals surface area contributed by atoms with Gasteiger partial charge in [0, 0.05) is 0 Å². The number of rotatable bonds is 5. The molecule has 0 aliphatic heterocycles. The van der Waals surface area contributed by atoms with Gasteiger partial charge >= 0.3 is 7.12 Å². The van der Waals surface area contributed by atoms with Crippen molar-refractivity contribution in [2.75, 3.05) is 0 Å². The minimum Gasteiger partial charge on any atom is -0.423 e. The van der Waals surface area contributed by atoms with E-state index in [1.165, 1.54) is 19.3 Å². The maximum Gasteiger partial charge on any atom is 0.488 e. The van der Waals surface area contributed by atoms with Crippen molar-refractivity contribution in [1.29, 1.82) is 0 Å². The van der Waals surface area contributed by atoms with E-state index in [4.69, 9.17) is 0 Å². The van der Waals surface area contributed by atoms with Gasteiger partial charge < -0.3 is 10.0 Å². The Bertz CT molecular complexity index is 542. The summed E-state index contributed by atoms with van der Waals surface area (Å²) >= 11 is 0. The first kappa shape index (κ1) is 18.9. The first-order valence-electron chi connectivity index (χ1n) is 10.2. The summed E-state index contributed by atoms with van der Waals surface area (Å²) < 4.78 is 14.7. The van der Waals surface area contributed by atoms with E-state index < -0.39 is 13.3 Å². The lowest BCUT2D eigenvalue weighted by Gasteiger charge is -2.40. The molecule has 2 nitrogen and oxygen atoms in total. The Morgan fingerprint density at radius 2 is 1.76 bits per heavy atom. The monoisotopic (exact) mass is 346 g/mol. The quantitative estimate of drug-likeness (QED) is 0.785. The summed E-state index contributed by atoms with van der Waals surface area (Å²) in [6, 6.07) is 7.65. The first-order chi connectivity index (χ1) is 12.1. The minimum absolute atomic E-state index is 0.257. The normalized spacial score (nSPS) is 33.2. The molecule has 0 radical (unpaired) electrons. The fourth-order valence-electron chi connectivity index (χ4n) is 5.40. The van der Waals surface area contributed by atoms with Crippen molar-refractivity contribution >= 4 is 12.6 Å². The van der Waals surface area contributed by atoms with Crippen LogP contribution in [0.1, 0.15) is 76.2 Å². The molecular weight excluding hydrogens is 314 g/mol. The molecule has 4 heteroatoms. The Labute approximate surface area is 152 Å². The predicted octanol–water partition coefficient (Wildman–Crippen LogP) is 4.19. The molecule has 0 aromatic heterocycles. The van der Waals surface area contributed by atoms with E-state index >= 15 is 0 Å². The van der Waals surface area contributed by atoms with Crippen LogP contribution in [0.2, 0.25) is 0 Å². The Kier molecular flexibility index (Phi) is 6.57. The highest BCUT2D eigenvalue weighted by atomic mass is 19.1. The topological polar surface area (TPSA) is 40.5 Å². The highest BCUT2D eigenvalue weighted by Crippen LogP contribution is 2.45. The molecule has 2 aliphatic carbocycles. The van der Waals surface area contributed by atoms with Gasteiger partial charge in [-0.05, 0) is 79.6 Å². The molecule has 1 aromatic carbocycles. The molecule has 0 saturated heterocycles. The summed E-state index contributed by atoms with van der Waals surface area (Å²) in [5.74, 6) is 1.75. The Morgan fingerprint density at radius 1 is 1.04 bits per heavy atom. The van der Waals surface area contributed by atoms with Gasteiger partial charge in [-0.15, -0.1) is 0 Å². The second-order valence-electron chi connectivity index (χ2n) is 8.26. The fraction of sp³-hybridized carbons (Fsp3) is 0.714. The van der Waals surface area contributed by atoms with Gasteiger partial charge in [0.1, 0.15) is 6.17 Å². The zero-order valence-corrected chi connectivity index (χ0v) is 15.4. The third-order valence-corrected chi connectivity index (χ3v) is 6.72. The third kappa shape index (κ3) is 4.46. The molecule has 2 saturated carbocycles. The molecule has 1 aromatic rings. The second kappa shape index (κ2) is 8.68. The van der Waals surface area contributed by atoms with E-state index in [1.807, 2.05) is 18.2 Å². The lowest BCUT2D eigenvalue weighted by molar-refractivity contribution is 0.0617. The average molecular weight is 346 g/mol. The van der Waals surface area contributed by atoms with Crippen LogP contribution in [0, 0.1) is 17.8 Å². The highest BCUT2D eigenvalue weighted by molar-refractivity contribution is 6.59. The van der Waals surface area contributed by atoms with E-state index in [0.29, 0.717) is 23.2 Å². The van der Waals surface area contributed by atoms with E-state index in [0.717, 1.165) is 44.1 Å². The van der Waals surface area contributed by atoms with Gasteiger partial charge in [0.25, 0.3) is 0 Å². The van der Waals surface area contributed by atoms with Gasteiger partial charge in [-0.3, -0.25) is 0 Å². The van der Waals surface area contributed by atoms with Crippen molar-refractivity contribution in [3.8, 4) is 0 Å². The van der Waals surface area contributed by atoms with Gasteiger partial charge in [0.2, 0.25) is 0 Å². The van der Waals surface area contributed by atoms with E-state index in [2.05, 4.69) is 6.92 Å². The molecule has 0 amide bonds. The second-order valence-corrected chi connectivity index (χ2v) is 8.26. The van der Waals surface area contributed by atoms with Crippen LogP contribution in [0.25, 0.3) is 0 Å². The van der Waals surface area contributed by atoms with Crippen LogP contribution in [-0.4, -0.2) is 23.3 Å². The standard InChI is InChI=1S/C21H32BFO2/c1-2-5-15-8-13-19(21(23)14-15)17-11-9-16(10-12-17)18-6-3-4-7-20(18)22(24)25/h3-4,6-7,15-17,19,21,24-25H,2,5,8-14H2,1H3/t15-,16?,17?,19+,21-/m1/s1. The van der Waals surface area contributed by atoms with Crippen molar-refractivity contribution in [2.45, 2.75) is 76.8 Å². The largest absolute Gasteiger partial charge is 0.488 e. The maximum absolute atomic E-state index is 14.7. The van der Waals surface area contributed by atoms with Crippen molar-refractivity contribution in [3.05, 3.63) is 29.8 Å². The zero-order chi connectivity index (χ0) is 17.8. The SMILES string of the molecule is CCC[C@@H]1CC[C@@H](C2CCC(c3ccccc3B(O)O)CC2)[C@H](F)C1. The smallest absolute Gasteiger partial charge is 0.423 e.